The van der Waals surface area contributed by atoms with Crippen LogP contribution in [0.3, 0.4) is 0 Å². The van der Waals surface area contributed by atoms with Crippen molar-refractivity contribution in [3.8, 4) is 5.75 Å². The van der Waals surface area contributed by atoms with Crippen LogP contribution < -0.4 is 10.1 Å². The monoisotopic (exact) mass is 396 g/mol. The third kappa shape index (κ3) is 3.73. The highest BCUT2D eigenvalue weighted by Gasteiger charge is 2.22. The molecule has 0 aliphatic rings. The zero-order valence-corrected chi connectivity index (χ0v) is 15.0. The van der Waals surface area contributed by atoms with Crippen molar-refractivity contribution in [1.29, 1.82) is 0 Å². The molecule has 0 aliphatic carbocycles. The largest absolute Gasteiger partial charge is 0.494 e. The SMILES string of the molecule is CCOc1ccc(NC(=O)C(C)n2ncc(Br)c2C)c([N+](=O)[O-])c1. The first kappa shape index (κ1) is 17.9. The van der Waals surface area contributed by atoms with Crippen LogP contribution in [0.25, 0.3) is 0 Å². The van der Waals surface area contributed by atoms with Gasteiger partial charge in [-0.2, -0.15) is 5.10 Å². The first-order valence-corrected chi connectivity index (χ1v) is 8.06. The summed E-state index contributed by atoms with van der Waals surface area (Å²) in [4.78, 5) is 23.1. The minimum absolute atomic E-state index is 0.115. The summed E-state index contributed by atoms with van der Waals surface area (Å²) >= 11 is 3.34. The molecule has 24 heavy (non-hydrogen) atoms. The van der Waals surface area contributed by atoms with Crippen molar-refractivity contribution < 1.29 is 14.5 Å². The number of carbonyl (C=O) groups excluding carboxylic acids is 1. The van der Waals surface area contributed by atoms with Crippen LogP contribution in [0.15, 0.2) is 28.9 Å². The number of halogens is 1. The number of aromatic nitrogens is 2. The molecule has 0 spiro atoms. The Kier molecular flexibility index (Phi) is 5.55. The number of nitro groups is 1. The predicted molar refractivity (Wildman–Crippen MR) is 92.3 cm³/mol. The molecule has 2 rings (SSSR count). The highest BCUT2D eigenvalue weighted by molar-refractivity contribution is 9.10. The van der Waals surface area contributed by atoms with Crippen LogP contribution in [0.2, 0.25) is 0 Å². The molecule has 1 heterocycles. The number of benzene rings is 1. The molecule has 8 nitrogen and oxygen atoms in total. The summed E-state index contributed by atoms with van der Waals surface area (Å²) in [5.74, 6) is -0.0249. The van der Waals surface area contributed by atoms with Crippen molar-refractivity contribution >= 4 is 33.2 Å². The lowest BCUT2D eigenvalue weighted by Gasteiger charge is -2.15. The molecule has 0 radical (unpaired) electrons. The number of amides is 1. The minimum Gasteiger partial charge on any atom is -0.494 e. The van der Waals surface area contributed by atoms with Crippen LogP contribution in [-0.4, -0.2) is 27.2 Å². The van der Waals surface area contributed by atoms with Crippen LogP contribution in [0.1, 0.15) is 25.6 Å². The van der Waals surface area contributed by atoms with E-state index in [1.165, 1.54) is 12.1 Å². The van der Waals surface area contributed by atoms with Gasteiger partial charge in [-0.3, -0.25) is 19.6 Å². The van der Waals surface area contributed by atoms with E-state index >= 15 is 0 Å². The van der Waals surface area contributed by atoms with Crippen molar-refractivity contribution in [2.75, 3.05) is 11.9 Å². The molecule has 9 heteroatoms. The van der Waals surface area contributed by atoms with Gasteiger partial charge in [-0.05, 0) is 48.8 Å². The van der Waals surface area contributed by atoms with E-state index < -0.39 is 16.9 Å². The van der Waals surface area contributed by atoms with E-state index in [4.69, 9.17) is 4.74 Å². The number of rotatable bonds is 6. The van der Waals surface area contributed by atoms with E-state index in [9.17, 15) is 14.9 Å². The van der Waals surface area contributed by atoms with Crippen molar-refractivity contribution in [1.82, 2.24) is 9.78 Å². The van der Waals surface area contributed by atoms with Crippen LogP contribution in [0, 0.1) is 17.0 Å². The molecule has 0 bridgehead atoms. The maximum atomic E-state index is 12.4. The Morgan fingerprint density at radius 2 is 2.25 bits per heavy atom. The Balaban J connectivity index is 2.25. The molecule has 128 valence electrons. The first-order valence-electron chi connectivity index (χ1n) is 7.26. The molecule has 1 atom stereocenters. The number of carbonyl (C=O) groups is 1. The van der Waals surface area contributed by atoms with Gasteiger partial charge < -0.3 is 10.1 Å². The second-order valence-electron chi connectivity index (χ2n) is 5.06. The molecule has 2 aromatic rings. The Morgan fingerprint density at radius 3 is 2.79 bits per heavy atom. The van der Waals surface area contributed by atoms with E-state index in [0.29, 0.717) is 12.4 Å². The zero-order valence-electron chi connectivity index (χ0n) is 13.4. The number of nitrogens with one attached hydrogen (secondary N) is 1. The van der Waals surface area contributed by atoms with Gasteiger partial charge >= 0.3 is 0 Å². The second-order valence-corrected chi connectivity index (χ2v) is 5.91. The lowest BCUT2D eigenvalue weighted by atomic mass is 10.2. The summed E-state index contributed by atoms with van der Waals surface area (Å²) in [5, 5.41) is 17.9. The van der Waals surface area contributed by atoms with Gasteiger partial charge in [0.1, 0.15) is 17.5 Å². The molecule has 0 saturated heterocycles. The minimum atomic E-state index is -0.623. The third-order valence-electron chi connectivity index (χ3n) is 3.47. The van der Waals surface area contributed by atoms with Crippen LogP contribution in [0.5, 0.6) is 5.75 Å². The van der Waals surface area contributed by atoms with Crippen molar-refractivity contribution in [2.24, 2.45) is 0 Å². The van der Waals surface area contributed by atoms with Gasteiger partial charge in [-0.25, -0.2) is 0 Å². The van der Waals surface area contributed by atoms with E-state index in [1.807, 2.05) is 6.92 Å². The molecule has 0 aliphatic heterocycles. The summed E-state index contributed by atoms with van der Waals surface area (Å²) in [6.45, 7) is 5.67. The fraction of sp³-hybridized carbons (Fsp3) is 0.333. The fourth-order valence-corrected chi connectivity index (χ4v) is 2.44. The smallest absolute Gasteiger partial charge is 0.296 e. The summed E-state index contributed by atoms with van der Waals surface area (Å²) in [5.41, 5.74) is 0.683. The Morgan fingerprint density at radius 1 is 1.54 bits per heavy atom. The zero-order chi connectivity index (χ0) is 17.9. The standard InChI is InChI=1S/C15H17BrN4O4/c1-4-24-11-5-6-13(14(7-11)20(22)23)18-15(21)10(3)19-9(2)12(16)8-17-19/h5-8,10H,4H2,1-3H3,(H,18,21). The topological polar surface area (TPSA) is 99.3 Å². The van der Waals surface area contributed by atoms with Gasteiger partial charge in [-0.1, -0.05) is 0 Å². The fourth-order valence-electron chi connectivity index (χ4n) is 2.17. The lowest BCUT2D eigenvalue weighted by molar-refractivity contribution is -0.384. The number of nitro benzene ring substituents is 1. The first-order chi connectivity index (χ1) is 11.3. The summed E-state index contributed by atoms with van der Waals surface area (Å²) in [7, 11) is 0. The average Bonchev–Trinajstić information content (AvgIpc) is 2.87. The van der Waals surface area contributed by atoms with E-state index in [2.05, 4.69) is 26.3 Å². The normalized spacial score (nSPS) is 11.8. The van der Waals surface area contributed by atoms with Gasteiger partial charge in [0, 0.05) is 0 Å². The van der Waals surface area contributed by atoms with Gasteiger partial charge in [0.25, 0.3) is 5.69 Å². The Bertz CT molecular complexity index is 775. The molecule has 0 fully saturated rings. The Hall–Kier alpha value is -2.42. The second kappa shape index (κ2) is 7.43. The molecule has 1 aromatic carbocycles. The third-order valence-corrected chi connectivity index (χ3v) is 4.24. The number of ether oxygens (including phenoxy) is 1. The van der Waals surface area contributed by atoms with Gasteiger partial charge in [-0.15, -0.1) is 0 Å². The maximum Gasteiger partial charge on any atom is 0.296 e. The molecule has 1 unspecified atom stereocenters. The lowest BCUT2D eigenvalue weighted by Crippen LogP contribution is -2.25. The summed E-state index contributed by atoms with van der Waals surface area (Å²) in [6, 6.07) is 3.70. The van der Waals surface area contributed by atoms with E-state index in [-0.39, 0.29) is 11.4 Å². The average molecular weight is 397 g/mol. The van der Waals surface area contributed by atoms with E-state index in [0.717, 1.165) is 10.2 Å². The quantitative estimate of drug-likeness (QED) is 0.595. The molecule has 1 N–H and O–H groups in total. The van der Waals surface area contributed by atoms with Crippen molar-refractivity contribution in [3.05, 3.63) is 44.7 Å². The van der Waals surface area contributed by atoms with Gasteiger partial charge in [0.15, 0.2) is 0 Å². The van der Waals surface area contributed by atoms with Gasteiger partial charge in [0.2, 0.25) is 5.91 Å². The molecular weight excluding hydrogens is 380 g/mol. The molecule has 1 amide bonds. The highest BCUT2D eigenvalue weighted by atomic mass is 79.9. The number of hydrogen-bond acceptors (Lipinski definition) is 5. The van der Waals surface area contributed by atoms with Crippen LogP contribution >= 0.6 is 15.9 Å². The number of nitrogens with zero attached hydrogens (tertiary/aromatic N) is 3. The predicted octanol–water partition coefficient (Wildman–Crippen LogP) is 3.46. The molecule has 0 saturated carbocycles. The van der Waals surface area contributed by atoms with Gasteiger partial charge in [0.05, 0.1) is 34.0 Å². The van der Waals surface area contributed by atoms with Crippen molar-refractivity contribution in [3.63, 3.8) is 0 Å². The summed E-state index contributed by atoms with van der Waals surface area (Å²) < 4.78 is 7.58. The highest BCUT2D eigenvalue weighted by Crippen LogP contribution is 2.30. The molecular formula is C15H17BrN4O4. The Labute approximate surface area is 147 Å². The van der Waals surface area contributed by atoms with Crippen LogP contribution in [-0.2, 0) is 4.79 Å². The van der Waals surface area contributed by atoms with Crippen molar-refractivity contribution in [2.45, 2.75) is 26.8 Å². The summed E-state index contributed by atoms with van der Waals surface area (Å²) in [6.07, 6.45) is 1.60. The van der Waals surface area contributed by atoms with Crippen LogP contribution in [0.4, 0.5) is 11.4 Å². The number of hydrogen-bond donors (Lipinski definition) is 1. The molecule has 1 aromatic heterocycles. The van der Waals surface area contributed by atoms with E-state index in [1.54, 1.807) is 30.8 Å². The number of anilines is 1. The maximum absolute atomic E-state index is 12.4.